The van der Waals surface area contributed by atoms with E-state index in [1.807, 2.05) is 31.2 Å². The summed E-state index contributed by atoms with van der Waals surface area (Å²) >= 11 is 5.80. The highest BCUT2D eigenvalue weighted by Crippen LogP contribution is 2.18. The van der Waals surface area contributed by atoms with Crippen LogP contribution in [0.3, 0.4) is 0 Å². The molecule has 0 amide bonds. The molecule has 0 aliphatic heterocycles. The van der Waals surface area contributed by atoms with E-state index in [1.54, 1.807) is 6.07 Å². The van der Waals surface area contributed by atoms with Crippen molar-refractivity contribution in [2.45, 2.75) is 13.5 Å². The Kier molecular flexibility index (Phi) is 3.64. The zero-order valence-electron chi connectivity index (χ0n) is 9.41. The Hall–Kier alpha value is -1.54. The van der Waals surface area contributed by atoms with Gasteiger partial charge >= 0.3 is 0 Å². The molecule has 0 spiro atoms. The average molecular weight is 251 g/mol. The van der Waals surface area contributed by atoms with E-state index < -0.39 is 0 Å². The topological polar surface area (TPSA) is 9.23 Å². The molecular formula is C14H12ClFO. The molecule has 2 rings (SSSR count). The molecule has 0 aromatic heterocycles. The van der Waals surface area contributed by atoms with E-state index in [9.17, 15) is 4.39 Å². The molecule has 2 aromatic rings. The van der Waals surface area contributed by atoms with Gasteiger partial charge in [0.15, 0.2) is 0 Å². The highest BCUT2D eigenvalue weighted by atomic mass is 35.5. The van der Waals surface area contributed by atoms with Crippen molar-refractivity contribution in [2.24, 2.45) is 0 Å². The van der Waals surface area contributed by atoms with Crippen LogP contribution >= 0.6 is 11.6 Å². The third-order valence-corrected chi connectivity index (χ3v) is 2.66. The first-order chi connectivity index (χ1) is 8.15. The molecule has 0 aliphatic rings. The number of rotatable bonds is 3. The van der Waals surface area contributed by atoms with Crippen molar-refractivity contribution < 1.29 is 9.13 Å². The smallest absolute Gasteiger partial charge is 0.129 e. The van der Waals surface area contributed by atoms with Gasteiger partial charge in [0, 0.05) is 10.6 Å². The minimum Gasteiger partial charge on any atom is -0.489 e. The molecule has 0 atom stereocenters. The van der Waals surface area contributed by atoms with Gasteiger partial charge in [0.1, 0.15) is 18.2 Å². The molecular weight excluding hydrogens is 239 g/mol. The number of benzene rings is 2. The molecule has 0 radical (unpaired) electrons. The molecule has 1 nitrogen and oxygen atoms in total. The second-order valence-electron chi connectivity index (χ2n) is 3.84. The van der Waals surface area contributed by atoms with Gasteiger partial charge in [0.25, 0.3) is 0 Å². The first kappa shape index (κ1) is 11.9. The summed E-state index contributed by atoms with van der Waals surface area (Å²) in [5.41, 5.74) is 1.62. The lowest BCUT2D eigenvalue weighted by Crippen LogP contribution is -1.98. The second kappa shape index (κ2) is 5.19. The van der Waals surface area contributed by atoms with Crippen molar-refractivity contribution in [3.8, 4) is 5.75 Å². The summed E-state index contributed by atoms with van der Waals surface area (Å²) in [4.78, 5) is 0. The van der Waals surface area contributed by atoms with Gasteiger partial charge in [-0.3, -0.25) is 0 Å². The number of hydrogen-bond acceptors (Lipinski definition) is 1. The monoisotopic (exact) mass is 250 g/mol. The Bertz CT molecular complexity index is 508. The van der Waals surface area contributed by atoms with E-state index in [4.69, 9.17) is 16.3 Å². The second-order valence-corrected chi connectivity index (χ2v) is 4.27. The minimum absolute atomic E-state index is 0.176. The standard InChI is InChI=1S/C14H12ClFO/c1-10-2-5-13(6-3-10)17-9-11-8-12(15)4-7-14(11)16/h2-8H,9H2,1H3. The number of ether oxygens (including phenoxy) is 1. The first-order valence-electron chi connectivity index (χ1n) is 5.28. The van der Waals surface area contributed by atoms with Crippen molar-refractivity contribution in [1.82, 2.24) is 0 Å². The third kappa shape index (κ3) is 3.21. The van der Waals surface area contributed by atoms with Gasteiger partial charge in [-0.25, -0.2) is 4.39 Å². The van der Waals surface area contributed by atoms with Gasteiger partial charge in [-0.05, 0) is 37.3 Å². The van der Waals surface area contributed by atoms with E-state index in [1.165, 1.54) is 12.1 Å². The quantitative estimate of drug-likeness (QED) is 0.786. The molecule has 0 saturated carbocycles. The van der Waals surface area contributed by atoms with Crippen molar-refractivity contribution in [1.29, 1.82) is 0 Å². The Morgan fingerprint density at radius 3 is 2.53 bits per heavy atom. The number of halogens is 2. The van der Waals surface area contributed by atoms with E-state index in [0.717, 1.165) is 11.3 Å². The molecule has 17 heavy (non-hydrogen) atoms. The van der Waals surface area contributed by atoms with Gasteiger partial charge in [-0.1, -0.05) is 29.3 Å². The van der Waals surface area contributed by atoms with Crippen LogP contribution in [0, 0.1) is 12.7 Å². The molecule has 0 N–H and O–H groups in total. The summed E-state index contributed by atoms with van der Waals surface area (Å²) in [6, 6.07) is 12.1. The lowest BCUT2D eigenvalue weighted by atomic mass is 10.2. The number of hydrogen-bond donors (Lipinski definition) is 0. The van der Waals surface area contributed by atoms with Gasteiger partial charge in [0.05, 0.1) is 0 Å². The molecule has 0 aliphatic carbocycles. The lowest BCUT2D eigenvalue weighted by Gasteiger charge is -2.07. The highest BCUT2D eigenvalue weighted by Gasteiger charge is 2.03. The van der Waals surface area contributed by atoms with Crippen LogP contribution in [-0.4, -0.2) is 0 Å². The van der Waals surface area contributed by atoms with Crippen LogP contribution < -0.4 is 4.74 Å². The Labute approximate surface area is 105 Å². The van der Waals surface area contributed by atoms with Gasteiger partial charge in [-0.15, -0.1) is 0 Å². The van der Waals surface area contributed by atoms with Gasteiger partial charge in [-0.2, -0.15) is 0 Å². The summed E-state index contributed by atoms with van der Waals surface area (Å²) in [7, 11) is 0. The summed E-state index contributed by atoms with van der Waals surface area (Å²) in [5.74, 6) is 0.413. The fourth-order valence-corrected chi connectivity index (χ4v) is 1.64. The van der Waals surface area contributed by atoms with Crippen LogP contribution in [0.15, 0.2) is 42.5 Å². The maximum absolute atomic E-state index is 13.4. The summed E-state index contributed by atoms with van der Waals surface area (Å²) in [6.45, 7) is 2.18. The third-order valence-electron chi connectivity index (χ3n) is 2.42. The average Bonchev–Trinajstić information content (AvgIpc) is 2.32. The van der Waals surface area contributed by atoms with Crippen LogP contribution in [0.5, 0.6) is 5.75 Å². The van der Waals surface area contributed by atoms with Crippen LogP contribution in [0.25, 0.3) is 0 Å². The van der Waals surface area contributed by atoms with Crippen molar-refractivity contribution in [3.63, 3.8) is 0 Å². The lowest BCUT2D eigenvalue weighted by molar-refractivity contribution is 0.300. The molecule has 0 fully saturated rings. The predicted octanol–water partition coefficient (Wildman–Crippen LogP) is 4.37. The summed E-state index contributed by atoms with van der Waals surface area (Å²) in [6.07, 6.45) is 0. The van der Waals surface area contributed by atoms with Crippen LogP contribution in [-0.2, 0) is 6.61 Å². The SMILES string of the molecule is Cc1ccc(OCc2cc(Cl)ccc2F)cc1. The summed E-state index contributed by atoms with van der Waals surface area (Å²) < 4.78 is 18.9. The summed E-state index contributed by atoms with van der Waals surface area (Å²) in [5, 5.41) is 0.508. The zero-order valence-corrected chi connectivity index (χ0v) is 10.2. The normalized spacial score (nSPS) is 10.3. The van der Waals surface area contributed by atoms with Crippen molar-refractivity contribution in [3.05, 3.63) is 64.4 Å². The molecule has 0 heterocycles. The molecule has 88 valence electrons. The first-order valence-corrected chi connectivity index (χ1v) is 5.66. The van der Waals surface area contributed by atoms with E-state index in [0.29, 0.717) is 10.6 Å². The zero-order chi connectivity index (χ0) is 12.3. The van der Waals surface area contributed by atoms with E-state index in [2.05, 4.69) is 0 Å². The maximum Gasteiger partial charge on any atom is 0.129 e. The Morgan fingerprint density at radius 2 is 1.82 bits per heavy atom. The van der Waals surface area contributed by atoms with Gasteiger partial charge < -0.3 is 4.74 Å². The molecule has 0 saturated heterocycles. The van der Waals surface area contributed by atoms with E-state index in [-0.39, 0.29) is 12.4 Å². The van der Waals surface area contributed by atoms with Crippen LogP contribution in [0.4, 0.5) is 4.39 Å². The van der Waals surface area contributed by atoms with Crippen LogP contribution in [0.2, 0.25) is 5.02 Å². The number of aryl methyl sites for hydroxylation is 1. The molecule has 0 unspecified atom stereocenters. The highest BCUT2D eigenvalue weighted by molar-refractivity contribution is 6.30. The largest absolute Gasteiger partial charge is 0.489 e. The Balaban J connectivity index is 2.07. The fourth-order valence-electron chi connectivity index (χ4n) is 1.45. The predicted molar refractivity (Wildman–Crippen MR) is 66.9 cm³/mol. The van der Waals surface area contributed by atoms with Crippen molar-refractivity contribution >= 4 is 11.6 Å². The van der Waals surface area contributed by atoms with E-state index >= 15 is 0 Å². The molecule has 3 heteroatoms. The minimum atomic E-state index is -0.304. The Morgan fingerprint density at radius 1 is 1.12 bits per heavy atom. The molecule has 0 bridgehead atoms. The fraction of sp³-hybridized carbons (Fsp3) is 0.143. The maximum atomic E-state index is 13.4. The van der Waals surface area contributed by atoms with Crippen LogP contribution in [0.1, 0.15) is 11.1 Å². The van der Waals surface area contributed by atoms with Crippen molar-refractivity contribution in [2.75, 3.05) is 0 Å². The molecule has 2 aromatic carbocycles. The van der Waals surface area contributed by atoms with Gasteiger partial charge in [0.2, 0.25) is 0 Å².